The van der Waals surface area contributed by atoms with E-state index in [4.69, 9.17) is 15.2 Å². The summed E-state index contributed by atoms with van der Waals surface area (Å²) < 4.78 is 4.30. The Hall–Kier alpha value is -7.11. The van der Waals surface area contributed by atoms with Gasteiger partial charge in [0, 0.05) is 32.7 Å². The molecule has 0 amide bonds. The lowest BCUT2D eigenvalue weighted by atomic mass is 9.77. The standard InChI is InChI=1S/C50H33N5/c1-50(2)46-36(31-24-22-30(23-25-31)35-26-40(32-12-5-3-6-13-32)53-41(27-35)33-14-7-4-8-15-33)18-11-19-37(46)45-38-28-51-54-42-20-9-16-34-17-10-21-43(44(34)42)55-49(48(38)54)39(29-52-55)47(45)50/h3-29H,1-2H3. The predicted octanol–water partition coefficient (Wildman–Crippen LogP) is 12.2. The topological polar surface area (TPSA) is 47.5 Å². The molecule has 5 heteroatoms. The Balaban J connectivity index is 1.04. The molecule has 1 aliphatic rings. The third-order valence-corrected chi connectivity index (χ3v) is 11.9. The predicted molar refractivity (Wildman–Crippen MR) is 225 cm³/mol. The number of benzene rings is 7. The van der Waals surface area contributed by atoms with E-state index < -0.39 is 0 Å². The summed E-state index contributed by atoms with van der Waals surface area (Å²) in [5.41, 5.74) is 18.2. The van der Waals surface area contributed by atoms with E-state index in [0.717, 1.165) is 61.1 Å². The van der Waals surface area contributed by atoms with Gasteiger partial charge in [-0.25, -0.2) is 14.0 Å². The summed E-state index contributed by atoms with van der Waals surface area (Å²) in [7, 11) is 0. The van der Waals surface area contributed by atoms with E-state index in [2.05, 4.69) is 175 Å². The maximum Gasteiger partial charge on any atom is 0.101 e. The lowest BCUT2D eigenvalue weighted by Crippen LogP contribution is -2.16. The molecule has 0 spiro atoms. The lowest BCUT2D eigenvalue weighted by molar-refractivity contribution is 0.668. The average molecular weight is 704 g/mol. The van der Waals surface area contributed by atoms with Crippen LogP contribution in [0.2, 0.25) is 0 Å². The largest absolute Gasteiger partial charge is 0.248 e. The minimum atomic E-state index is -0.296. The first-order valence-corrected chi connectivity index (χ1v) is 18.9. The molecule has 12 rings (SSSR count). The minimum absolute atomic E-state index is 0.296. The van der Waals surface area contributed by atoms with Gasteiger partial charge < -0.3 is 0 Å². The van der Waals surface area contributed by atoms with Gasteiger partial charge >= 0.3 is 0 Å². The summed E-state index contributed by atoms with van der Waals surface area (Å²) in [5.74, 6) is 0. The van der Waals surface area contributed by atoms with Crippen LogP contribution >= 0.6 is 0 Å². The van der Waals surface area contributed by atoms with Gasteiger partial charge in [-0.3, -0.25) is 0 Å². The van der Waals surface area contributed by atoms with Gasteiger partial charge in [0.05, 0.1) is 34.8 Å². The van der Waals surface area contributed by atoms with Gasteiger partial charge in [0.1, 0.15) is 11.0 Å². The number of hydrogen-bond donors (Lipinski definition) is 0. The van der Waals surface area contributed by atoms with Crippen molar-refractivity contribution in [2.45, 2.75) is 19.3 Å². The minimum Gasteiger partial charge on any atom is -0.248 e. The number of aromatic nitrogens is 5. The molecule has 11 aromatic rings. The zero-order chi connectivity index (χ0) is 36.4. The molecule has 55 heavy (non-hydrogen) atoms. The zero-order valence-electron chi connectivity index (χ0n) is 30.3. The SMILES string of the molecule is CC1(C)c2c(-c3ccc(-c4cc(-c5ccccc5)nc(-c5ccccc5)c4)cc3)cccc2-c2c1c1cnn3c4cccc5cccc(c54)n4ncc2c4c13. The van der Waals surface area contributed by atoms with Crippen molar-refractivity contribution < 1.29 is 0 Å². The van der Waals surface area contributed by atoms with E-state index in [-0.39, 0.29) is 5.41 Å². The molecule has 258 valence electrons. The van der Waals surface area contributed by atoms with Gasteiger partial charge in [-0.1, -0.05) is 141 Å². The van der Waals surface area contributed by atoms with Gasteiger partial charge in [-0.2, -0.15) is 10.2 Å². The molecule has 4 aromatic heterocycles. The monoisotopic (exact) mass is 703 g/mol. The summed E-state index contributed by atoms with van der Waals surface area (Å²) >= 11 is 0. The van der Waals surface area contributed by atoms with Crippen LogP contribution < -0.4 is 0 Å². The molecule has 4 heterocycles. The Morgan fingerprint density at radius 1 is 0.455 bits per heavy atom. The van der Waals surface area contributed by atoms with Crippen molar-refractivity contribution >= 4 is 43.6 Å². The van der Waals surface area contributed by atoms with Gasteiger partial charge in [0.25, 0.3) is 0 Å². The lowest BCUT2D eigenvalue weighted by Gasteiger charge is -2.25. The first-order chi connectivity index (χ1) is 27.0. The Morgan fingerprint density at radius 3 is 1.64 bits per heavy atom. The van der Waals surface area contributed by atoms with Crippen LogP contribution in [0.15, 0.2) is 164 Å². The normalized spacial score (nSPS) is 13.4. The smallest absolute Gasteiger partial charge is 0.101 e. The van der Waals surface area contributed by atoms with Crippen molar-refractivity contribution in [3.8, 4) is 55.9 Å². The fraction of sp³-hybridized carbons (Fsp3) is 0.0600. The average Bonchev–Trinajstić information content (AvgIpc) is 3.91. The van der Waals surface area contributed by atoms with Crippen LogP contribution in [0.4, 0.5) is 0 Å². The van der Waals surface area contributed by atoms with Crippen LogP contribution in [-0.2, 0) is 5.41 Å². The third kappa shape index (κ3) is 4.15. The summed E-state index contributed by atoms with van der Waals surface area (Å²) in [6.45, 7) is 4.76. The van der Waals surface area contributed by atoms with Crippen molar-refractivity contribution in [2.75, 3.05) is 0 Å². The number of fused-ring (bicyclic) bond motifs is 7. The molecule has 0 bridgehead atoms. The molecule has 0 atom stereocenters. The number of rotatable bonds is 4. The van der Waals surface area contributed by atoms with Gasteiger partial charge in [0.2, 0.25) is 0 Å². The van der Waals surface area contributed by atoms with Crippen LogP contribution in [0, 0.1) is 0 Å². The maximum absolute atomic E-state index is 5.12. The molecule has 7 aromatic carbocycles. The molecule has 0 unspecified atom stereocenters. The molecular formula is C50H33N5. The molecule has 0 saturated carbocycles. The van der Waals surface area contributed by atoms with Crippen LogP contribution in [0.3, 0.4) is 0 Å². The number of hydrogen-bond acceptors (Lipinski definition) is 3. The molecular weight excluding hydrogens is 671 g/mol. The van der Waals surface area contributed by atoms with Crippen LogP contribution in [0.5, 0.6) is 0 Å². The van der Waals surface area contributed by atoms with Crippen molar-refractivity contribution in [3.63, 3.8) is 0 Å². The second-order valence-electron chi connectivity index (χ2n) is 15.3. The Labute approximate surface area is 317 Å². The van der Waals surface area contributed by atoms with Crippen molar-refractivity contribution in [1.29, 1.82) is 0 Å². The molecule has 0 N–H and O–H groups in total. The molecule has 0 fully saturated rings. The summed E-state index contributed by atoms with van der Waals surface area (Å²) in [4.78, 5) is 5.10. The quantitative estimate of drug-likeness (QED) is 0.183. The van der Waals surface area contributed by atoms with Crippen LogP contribution in [0.25, 0.3) is 99.5 Å². The highest BCUT2D eigenvalue weighted by Crippen LogP contribution is 2.57. The number of nitrogens with zero attached hydrogens (tertiary/aromatic N) is 5. The molecule has 5 nitrogen and oxygen atoms in total. The van der Waals surface area contributed by atoms with E-state index >= 15 is 0 Å². The van der Waals surface area contributed by atoms with E-state index in [1.165, 1.54) is 49.5 Å². The second kappa shape index (κ2) is 11.0. The molecule has 0 aliphatic heterocycles. The maximum atomic E-state index is 5.12. The molecule has 1 aliphatic carbocycles. The first kappa shape index (κ1) is 30.4. The Bertz CT molecular complexity index is 3250. The summed E-state index contributed by atoms with van der Waals surface area (Å²) in [6.07, 6.45) is 4.16. The third-order valence-electron chi connectivity index (χ3n) is 11.9. The van der Waals surface area contributed by atoms with Crippen LogP contribution in [0.1, 0.15) is 25.0 Å². The highest BCUT2D eigenvalue weighted by molar-refractivity contribution is 6.19. The second-order valence-corrected chi connectivity index (χ2v) is 15.3. The fourth-order valence-corrected chi connectivity index (χ4v) is 9.59. The van der Waals surface area contributed by atoms with E-state index in [1.54, 1.807) is 0 Å². The summed E-state index contributed by atoms with van der Waals surface area (Å²) in [5, 5.41) is 14.9. The van der Waals surface area contributed by atoms with Gasteiger partial charge in [0.15, 0.2) is 0 Å². The van der Waals surface area contributed by atoms with E-state index in [0.29, 0.717) is 0 Å². The first-order valence-electron chi connectivity index (χ1n) is 18.9. The van der Waals surface area contributed by atoms with Crippen molar-refractivity contribution in [1.82, 2.24) is 24.2 Å². The van der Waals surface area contributed by atoms with Crippen molar-refractivity contribution in [2.24, 2.45) is 0 Å². The Kier molecular flexibility index (Phi) is 6.05. The number of pyridine rings is 1. The van der Waals surface area contributed by atoms with Gasteiger partial charge in [-0.15, -0.1) is 0 Å². The highest BCUT2D eigenvalue weighted by atomic mass is 15.3. The van der Waals surface area contributed by atoms with Crippen LogP contribution in [-0.4, -0.2) is 24.2 Å². The fourth-order valence-electron chi connectivity index (χ4n) is 9.59. The zero-order valence-corrected chi connectivity index (χ0v) is 30.3. The Morgan fingerprint density at radius 2 is 1.00 bits per heavy atom. The summed E-state index contributed by atoms with van der Waals surface area (Å²) in [6, 6.07) is 54.2. The highest BCUT2D eigenvalue weighted by Gasteiger charge is 2.41. The molecule has 0 saturated heterocycles. The van der Waals surface area contributed by atoms with Crippen molar-refractivity contribution in [3.05, 3.63) is 175 Å². The van der Waals surface area contributed by atoms with E-state index in [9.17, 15) is 0 Å². The molecule has 0 radical (unpaired) electrons. The van der Waals surface area contributed by atoms with E-state index in [1.807, 2.05) is 12.1 Å². The van der Waals surface area contributed by atoms with Gasteiger partial charge in [-0.05, 0) is 74.2 Å².